The number of anilines is 1. The highest BCUT2D eigenvalue weighted by Crippen LogP contribution is 2.27. The van der Waals surface area contributed by atoms with Crippen LogP contribution in [0.5, 0.6) is 0 Å². The molecule has 1 saturated heterocycles. The molecule has 0 spiro atoms. The largest absolute Gasteiger partial charge is 0.338 e. The van der Waals surface area contributed by atoms with Crippen LogP contribution in [0, 0.1) is 12.8 Å². The normalized spacial score (nSPS) is 16.7. The SMILES string of the molecule is C=CCSc1nnc(NC(=O)[C@@H]2CC(=O)N(Cc3ccc(C)cc3)C2)s1. The summed E-state index contributed by atoms with van der Waals surface area (Å²) in [4.78, 5) is 26.4. The molecule has 1 aromatic carbocycles. The molecular formula is C18H20N4O2S2. The summed E-state index contributed by atoms with van der Waals surface area (Å²) in [6.07, 6.45) is 2.02. The number of aryl methyl sites for hydroxylation is 1. The van der Waals surface area contributed by atoms with Crippen LogP contribution in [0.3, 0.4) is 0 Å². The van der Waals surface area contributed by atoms with Gasteiger partial charge in [-0.25, -0.2) is 0 Å². The van der Waals surface area contributed by atoms with E-state index in [0.717, 1.165) is 15.7 Å². The second kappa shape index (κ2) is 8.46. The Morgan fingerprint density at radius 2 is 2.19 bits per heavy atom. The van der Waals surface area contributed by atoms with E-state index in [9.17, 15) is 9.59 Å². The smallest absolute Gasteiger partial charge is 0.231 e. The third-order valence-corrected chi connectivity index (χ3v) is 6.01. The highest BCUT2D eigenvalue weighted by Gasteiger charge is 2.34. The second-order valence-corrected chi connectivity index (χ2v) is 8.37. The molecule has 2 aromatic rings. The molecule has 26 heavy (non-hydrogen) atoms. The fourth-order valence-corrected chi connectivity index (χ4v) is 4.19. The standard InChI is InChI=1S/C18H20N4O2S2/c1-3-8-25-18-21-20-17(26-18)19-16(24)14-9-15(23)22(11-14)10-13-6-4-12(2)5-7-13/h3-7,14H,1,8-11H2,2H3,(H,19,20,24)/t14-/m1/s1. The van der Waals surface area contributed by atoms with Crippen LogP contribution in [0.15, 0.2) is 41.3 Å². The second-order valence-electron chi connectivity index (χ2n) is 6.12. The Morgan fingerprint density at radius 3 is 2.92 bits per heavy atom. The lowest BCUT2D eigenvalue weighted by atomic mass is 10.1. The van der Waals surface area contributed by atoms with E-state index in [4.69, 9.17) is 0 Å². The maximum atomic E-state index is 12.5. The Labute approximate surface area is 160 Å². The molecule has 2 heterocycles. The third-order valence-electron chi connectivity index (χ3n) is 4.04. The highest BCUT2D eigenvalue weighted by atomic mass is 32.2. The first kappa shape index (κ1) is 18.6. The average Bonchev–Trinajstić information content (AvgIpc) is 3.22. The maximum Gasteiger partial charge on any atom is 0.231 e. The molecule has 1 aromatic heterocycles. The van der Waals surface area contributed by atoms with Gasteiger partial charge < -0.3 is 10.2 Å². The number of benzene rings is 1. The molecule has 0 saturated carbocycles. The van der Waals surface area contributed by atoms with Crippen LogP contribution in [0.1, 0.15) is 17.5 Å². The van der Waals surface area contributed by atoms with Gasteiger partial charge in [-0.15, -0.1) is 16.8 Å². The lowest BCUT2D eigenvalue weighted by Crippen LogP contribution is -2.28. The fourth-order valence-electron chi connectivity index (χ4n) is 2.67. The monoisotopic (exact) mass is 388 g/mol. The predicted molar refractivity (Wildman–Crippen MR) is 104 cm³/mol. The Morgan fingerprint density at radius 1 is 1.42 bits per heavy atom. The Kier molecular flexibility index (Phi) is 6.05. The van der Waals surface area contributed by atoms with Gasteiger partial charge in [0.1, 0.15) is 0 Å². The van der Waals surface area contributed by atoms with Crippen LogP contribution in [-0.4, -0.2) is 39.2 Å². The molecule has 0 radical (unpaired) electrons. The van der Waals surface area contributed by atoms with Crippen LogP contribution in [0.4, 0.5) is 5.13 Å². The first-order valence-corrected chi connectivity index (χ1v) is 10.1. The van der Waals surface area contributed by atoms with Gasteiger partial charge in [-0.05, 0) is 12.5 Å². The Hall–Kier alpha value is -2.19. The summed E-state index contributed by atoms with van der Waals surface area (Å²) in [7, 11) is 0. The van der Waals surface area contributed by atoms with Gasteiger partial charge in [0, 0.05) is 25.3 Å². The summed E-state index contributed by atoms with van der Waals surface area (Å²) in [6, 6.07) is 8.08. The van der Waals surface area contributed by atoms with Gasteiger partial charge in [0.05, 0.1) is 5.92 Å². The summed E-state index contributed by atoms with van der Waals surface area (Å²) in [6.45, 7) is 6.65. The van der Waals surface area contributed by atoms with E-state index < -0.39 is 0 Å². The molecule has 1 aliphatic rings. The zero-order chi connectivity index (χ0) is 18.5. The van der Waals surface area contributed by atoms with Crippen LogP contribution < -0.4 is 5.32 Å². The van der Waals surface area contributed by atoms with E-state index in [2.05, 4.69) is 22.1 Å². The molecule has 0 bridgehead atoms. The van der Waals surface area contributed by atoms with Crippen molar-refractivity contribution >= 4 is 40.0 Å². The van der Waals surface area contributed by atoms with Crippen molar-refractivity contribution in [2.75, 3.05) is 17.6 Å². The number of rotatable bonds is 7. The van der Waals surface area contributed by atoms with Crippen molar-refractivity contribution in [2.24, 2.45) is 5.92 Å². The van der Waals surface area contributed by atoms with Crippen molar-refractivity contribution in [1.29, 1.82) is 0 Å². The number of carbonyl (C=O) groups excluding carboxylic acids is 2. The quantitative estimate of drug-likeness (QED) is 0.448. The van der Waals surface area contributed by atoms with Gasteiger partial charge in [0.25, 0.3) is 0 Å². The number of hydrogen-bond acceptors (Lipinski definition) is 6. The predicted octanol–water partition coefficient (Wildman–Crippen LogP) is 3.11. The van der Waals surface area contributed by atoms with E-state index in [1.54, 1.807) is 11.0 Å². The fraction of sp³-hybridized carbons (Fsp3) is 0.333. The molecular weight excluding hydrogens is 368 g/mol. The number of likely N-dealkylation sites (tertiary alicyclic amines) is 1. The minimum Gasteiger partial charge on any atom is -0.338 e. The van der Waals surface area contributed by atoms with E-state index in [0.29, 0.717) is 18.2 Å². The third kappa shape index (κ3) is 4.70. The Balaban J connectivity index is 1.55. The van der Waals surface area contributed by atoms with E-state index in [1.165, 1.54) is 28.7 Å². The van der Waals surface area contributed by atoms with Crippen LogP contribution in [0.25, 0.3) is 0 Å². The molecule has 0 aliphatic carbocycles. The molecule has 136 valence electrons. The van der Waals surface area contributed by atoms with Gasteiger partial charge in [-0.3, -0.25) is 9.59 Å². The molecule has 2 amide bonds. The first-order chi connectivity index (χ1) is 12.5. The maximum absolute atomic E-state index is 12.5. The summed E-state index contributed by atoms with van der Waals surface area (Å²) in [5.74, 6) is 0.209. The number of thioether (sulfide) groups is 1. The summed E-state index contributed by atoms with van der Waals surface area (Å²) >= 11 is 2.84. The lowest BCUT2D eigenvalue weighted by molar-refractivity contribution is -0.128. The number of nitrogens with zero attached hydrogens (tertiary/aromatic N) is 3. The molecule has 0 unspecified atom stereocenters. The number of nitrogens with one attached hydrogen (secondary N) is 1. The number of carbonyl (C=O) groups is 2. The molecule has 1 aliphatic heterocycles. The molecule has 1 N–H and O–H groups in total. The number of amides is 2. The van der Waals surface area contributed by atoms with Crippen molar-refractivity contribution in [1.82, 2.24) is 15.1 Å². The lowest BCUT2D eigenvalue weighted by Gasteiger charge is -2.16. The minimum absolute atomic E-state index is 0.00483. The molecule has 1 fully saturated rings. The van der Waals surface area contributed by atoms with E-state index in [1.807, 2.05) is 31.2 Å². The molecule has 6 nitrogen and oxygen atoms in total. The highest BCUT2D eigenvalue weighted by molar-refractivity contribution is 8.01. The summed E-state index contributed by atoms with van der Waals surface area (Å²) in [5.41, 5.74) is 2.25. The van der Waals surface area contributed by atoms with Crippen molar-refractivity contribution in [3.63, 3.8) is 0 Å². The zero-order valence-electron chi connectivity index (χ0n) is 14.5. The minimum atomic E-state index is -0.360. The first-order valence-electron chi connectivity index (χ1n) is 8.26. The molecule has 3 rings (SSSR count). The molecule has 8 heteroatoms. The zero-order valence-corrected chi connectivity index (χ0v) is 16.1. The van der Waals surface area contributed by atoms with Gasteiger partial charge >= 0.3 is 0 Å². The van der Waals surface area contributed by atoms with Gasteiger partial charge in [-0.2, -0.15) is 0 Å². The summed E-state index contributed by atoms with van der Waals surface area (Å²) < 4.78 is 0.781. The average molecular weight is 389 g/mol. The van der Waals surface area contributed by atoms with Gasteiger partial charge in [0.15, 0.2) is 4.34 Å². The summed E-state index contributed by atoms with van der Waals surface area (Å²) in [5, 5.41) is 11.2. The van der Waals surface area contributed by atoms with E-state index in [-0.39, 0.29) is 24.2 Å². The van der Waals surface area contributed by atoms with Crippen molar-refractivity contribution in [3.05, 3.63) is 48.0 Å². The Bertz CT molecular complexity index is 804. The van der Waals surface area contributed by atoms with Gasteiger partial charge in [0.2, 0.25) is 16.9 Å². The van der Waals surface area contributed by atoms with Crippen molar-refractivity contribution in [2.45, 2.75) is 24.2 Å². The van der Waals surface area contributed by atoms with Crippen LogP contribution >= 0.6 is 23.1 Å². The van der Waals surface area contributed by atoms with Crippen molar-refractivity contribution in [3.8, 4) is 0 Å². The van der Waals surface area contributed by atoms with Crippen LogP contribution in [-0.2, 0) is 16.1 Å². The topological polar surface area (TPSA) is 75.2 Å². The van der Waals surface area contributed by atoms with Gasteiger partial charge in [-0.1, -0.05) is 59.0 Å². The number of aromatic nitrogens is 2. The van der Waals surface area contributed by atoms with Crippen molar-refractivity contribution < 1.29 is 9.59 Å². The van der Waals surface area contributed by atoms with Crippen LogP contribution in [0.2, 0.25) is 0 Å². The number of hydrogen-bond donors (Lipinski definition) is 1. The molecule has 1 atom stereocenters. The van der Waals surface area contributed by atoms with E-state index >= 15 is 0 Å².